The number of aromatic nitrogens is 1. The molecule has 2 heterocycles. The molecule has 0 spiro atoms. The molecule has 0 atom stereocenters. The first-order valence-corrected chi connectivity index (χ1v) is 10.4. The number of H-pyrrole nitrogens is 1. The zero-order valence-corrected chi connectivity index (χ0v) is 17.9. The number of nitrogens with zero attached hydrogens (tertiary/aromatic N) is 2. The highest BCUT2D eigenvalue weighted by atomic mass is 16.5. The Morgan fingerprint density at radius 3 is 2.52 bits per heavy atom. The van der Waals surface area contributed by atoms with Crippen molar-refractivity contribution >= 4 is 17.6 Å². The number of carbonyl (C=O) groups excluding carboxylic acids is 2. The van der Waals surface area contributed by atoms with Gasteiger partial charge in [-0.05, 0) is 57.2 Å². The largest absolute Gasteiger partial charge is 0.462 e. The van der Waals surface area contributed by atoms with Gasteiger partial charge >= 0.3 is 5.97 Å². The molecule has 156 valence electrons. The van der Waals surface area contributed by atoms with Crippen molar-refractivity contribution in [2.75, 3.05) is 31.6 Å². The number of hydrogen-bond acceptors (Lipinski definition) is 4. The zero-order valence-electron chi connectivity index (χ0n) is 17.9. The van der Waals surface area contributed by atoms with Crippen LogP contribution in [-0.2, 0) is 11.3 Å². The topological polar surface area (TPSA) is 65.6 Å². The number of nitrogens with one attached hydrogen (secondary N) is 1. The molecule has 1 aliphatic rings. The van der Waals surface area contributed by atoms with E-state index in [1.165, 1.54) is 24.9 Å². The quantitative estimate of drug-likeness (QED) is 0.746. The minimum absolute atomic E-state index is 0.130. The molecule has 1 aromatic carbocycles. The molecule has 0 bridgehead atoms. The van der Waals surface area contributed by atoms with E-state index in [0.717, 1.165) is 18.7 Å². The van der Waals surface area contributed by atoms with Crippen LogP contribution < -0.4 is 4.90 Å². The minimum Gasteiger partial charge on any atom is -0.462 e. The van der Waals surface area contributed by atoms with Crippen LogP contribution in [0.4, 0.5) is 5.69 Å². The van der Waals surface area contributed by atoms with Crippen molar-refractivity contribution in [1.29, 1.82) is 0 Å². The summed E-state index contributed by atoms with van der Waals surface area (Å²) in [7, 11) is 1.80. The summed E-state index contributed by atoms with van der Waals surface area (Å²) in [5.41, 5.74) is 4.55. The van der Waals surface area contributed by atoms with Gasteiger partial charge in [-0.15, -0.1) is 0 Å². The van der Waals surface area contributed by atoms with Crippen LogP contribution in [0.1, 0.15) is 63.9 Å². The molecule has 1 amide bonds. The van der Waals surface area contributed by atoms with Gasteiger partial charge in [-0.2, -0.15) is 0 Å². The van der Waals surface area contributed by atoms with Crippen LogP contribution in [0.5, 0.6) is 0 Å². The summed E-state index contributed by atoms with van der Waals surface area (Å²) in [6, 6.07) is 8.30. The van der Waals surface area contributed by atoms with Crippen LogP contribution in [0.25, 0.3) is 0 Å². The Bertz CT molecular complexity index is 881. The van der Waals surface area contributed by atoms with Crippen molar-refractivity contribution in [1.82, 2.24) is 9.88 Å². The minimum atomic E-state index is -0.393. The Balaban J connectivity index is 1.80. The molecule has 1 fully saturated rings. The number of aromatic amines is 1. The lowest BCUT2D eigenvalue weighted by atomic mass is 10.1. The third-order valence-corrected chi connectivity index (χ3v) is 5.57. The van der Waals surface area contributed by atoms with Crippen molar-refractivity contribution in [3.63, 3.8) is 0 Å². The number of anilines is 1. The molecular weight excluding hydrogens is 366 g/mol. The van der Waals surface area contributed by atoms with Crippen LogP contribution in [0, 0.1) is 13.8 Å². The molecule has 29 heavy (non-hydrogen) atoms. The molecule has 1 aromatic heterocycles. The first-order valence-electron chi connectivity index (χ1n) is 10.4. The molecule has 1 N–H and O–H groups in total. The van der Waals surface area contributed by atoms with Crippen LogP contribution in [-0.4, -0.2) is 48.5 Å². The first-order chi connectivity index (χ1) is 13.9. The third-order valence-electron chi connectivity index (χ3n) is 5.57. The van der Waals surface area contributed by atoms with Crippen LogP contribution in [0.15, 0.2) is 24.3 Å². The summed E-state index contributed by atoms with van der Waals surface area (Å²) in [6.45, 7) is 8.30. The van der Waals surface area contributed by atoms with Crippen LogP contribution >= 0.6 is 0 Å². The number of esters is 1. The summed E-state index contributed by atoms with van der Waals surface area (Å²) >= 11 is 0. The van der Waals surface area contributed by atoms with E-state index in [2.05, 4.69) is 28.1 Å². The van der Waals surface area contributed by atoms with E-state index in [1.54, 1.807) is 32.7 Å². The fraction of sp³-hybridized carbons (Fsp3) is 0.478. The summed E-state index contributed by atoms with van der Waals surface area (Å²) in [5, 5.41) is 0. The van der Waals surface area contributed by atoms with Gasteiger partial charge in [0.15, 0.2) is 0 Å². The molecule has 0 radical (unpaired) electrons. The lowest BCUT2D eigenvalue weighted by Gasteiger charge is -2.31. The maximum absolute atomic E-state index is 13.1. The van der Waals surface area contributed by atoms with Gasteiger partial charge in [-0.25, -0.2) is 4.79 Å². The van der Waals surface area contributed by atoms with E-state index in [4.69, 9.17) is 4.74 Å². The monoisotopic (exact) mass is 397 g/mol. The number of ether oxygens (including phenoxy) is 1. The molecule has 6 heteroatoms. The molecule has 0 aliphatic carbocycles. The van der Waals surface area contributed by atoms with Gasteiger partial charge in [0.2, 0.25) is 0 Å². The fourth-order valence-electron chi connectivity index (χ4n) is 4.08. The van der Waals surface area contributed by atoms with Crippen molar-refractivity contribution in [2.24, 2.45) is 0 Å². The van der Waals surface area contributed by atoms with Crippen molar-refractivity contribution in [2.45, 2.75) is 46.6 Å². The highest BCUT2D eigenvalue weighted by Crippen LogP contribution is 2.26. The number of rotatable bonds is 6. The number of amides is 1. The average Bonchev–Trinajstić information content (AvgIpc) is 3.02. The Morgan fingerprint density at radius 2 is 1.83 bits per heavy atom. The van der Waals surface area contributed by atoms with Crippen LogP contribution in [0.2, 0.25) is 0 Å². The van der Waals surface area contributed by atoms with E-state index < -0.39 is 5.97 Å². The van der Waals surface area contributed by atoms with Gasteiger partial charge in [0.1, 0.15) is 5.69 Å². The summed E-state index contributed by atoms with van der Waals surface area (Å²) in [4.78, 5) is 32.6. The molecule has 1 saturated heterocycles. The molecule has 6 nitrogen and oxygen atoms in total. The number of carbonyl (C=O) groups is 2. The number of benzene rings is 1. The number of piperidine rings is 1. The van der Waals surface area contributed by atoms with Crippen molar-refractivity contribution in [3.05, 3.63) is 52.3 Å². The van der Waals surface area contributed by atoms with Gasteiger partial charge in [-0.3, -0.25) is 4.79 Å². The maximum atomic E-state index is 13.1. The highest BCUT2D eigenvalue weighted by molar-refractivity contribution is 6.00. The number of hydrogen-bond donors (Lipinski definition) is 1. The van der Waals surface area contributed by atoms with Gasteiger partial charge in [0, 0.05) is 38.1 Å². The van der Waals surface area contributed by atoms with Gasteiger partial charge < -0.3 is 19.5 Å². The fourth-order valence-corrected chi connectivity index (χ4v) is 4.08. The van der Waals surface area contributed by atoms with Crippen LogP contribution in [0.3, 0.4) is 0 Å². The SMILES string of the molecule is CCOC(=O)c1c(C)[nH]c(C(=O)N(C)Cc2ccccc2N2CCCCC2)c1C. The zero-order chi connectivity index (χ0) is 21.0. The molecule has 0 saturated carbocycles. The molecule has 2 aromatic rings. The number of aryl methyl sites for hydroxylation is 1. The number of para-hydroxylation sites is 1. The molecular formula is C23H31N3O3. The highest BCUT2D eigenvalue weighted by Gasteiger charge is 2.25. The second kappa shape index (κ2) is 9.16. The first kappa shape index (κ1) is 21.0. The summed E-state index contributed by atoms with van der Waals surface area (Å²) in [6.07, 6.45) is 3.70. The normalized spacial score (nSPS) is 14.0. The van der Waals surface area contributed by atoms with Crippen molar-refractivity contribution < 1.29 is 14.3 Å². The van der Waals surface area contributed by atoms with E-state index in [1.807, 2.05) is 6.07 Å². The predicted molar refractivity (Wildman–Crippen MR) is 115 cm³/mol. The van der Waals surface area contributed by atoms with Gasteiger partial charge in [0.25, 0.3) is 5.91 Å². The maximum Gasteiger partial charge on any atom is 0.340 e. The van der Waals surface area contributed by atoms with Gasteiger partial charge in [0.05, 0.1) is 12.2 Å². The molecule has 0 unspecified atom stereocenters. The van der Waals surface area contributed by atoms with E-state index in [9.17, 15) is 9.59 Å². The predicted octanol–water partition coefficient (Wildman–Crippen LogP) is 4.07. The van der Waals surface area contributed by atoms with E-state index >= 15 is 0 Å². The lowest BCUT2D eigenvalue weighted by molar-refractivity contribution is 0.0525. The second-order valence-electron chi connectivity index (χ2n) is 7.68. The Morgan fingerprint density at radius 1 is 1.14 bits per heavy atom. The second-order valence-corrected chi connectivity index (χ2v) is 7.68. The summed E-state index contributed by atoms with van der Waals surface area (Å²) in [5.74, 6) is -0.523. The van der Waals surface area contributed by atoms with Gasteiger partial charge in [-0.1, -0.05) is 18.2 Å². The smallest absolute Gasteiger partial charge is 0.340 e. The summed E-state index contributed by atoms with van der Waals surface area (Å²) < 4.78 is 5.13. The van der Waals surface area contributed by atoms with E-state index in [0.29, 0.717) is 35.7 Å². The van der Waals surface area contributed by atoms with E-state index in [-0.39, 0.29) is 5.91 Å². The molecule has 1 aliphatic heterocycles. The van der Waals surface area contributed by atoms with Crippen molar-refractivity contribution in [3.8, 4) is 0 Å². The third kappa shape index (κ3) is 4.47. The average molecular weight is 398 g/mol. The molecule has 3 rings (SSSR count). The Labute approximate surface area is 172 Å². The standard InChI is InChI=1S/C23H31N3O3/c1-5-29-23(28)20-16(2)21(24-17(20)3)22(27)25(4)15-18-11-7-8-12-19(18)26-13-9-6-10-14-26/h7-8,11-12,24H,5-6,9-10,13-15H2,1-4H3. The lowest BCUT2D eigenvalue weighted by Crippen LogP contribution is -2.32. The Kier molecular flexibility index (Phi) is 6.62. The Hall–Kier alpha value is -2.76.